The van der Waals surface area contributed by atoms with Crippen LogP contribution in [0.5, 0.6) is 5.75 Å². The van der Waals surface area contributed by atoms with Gasteiger partial charge in [-0.1, -0.05) is 24.1 Å². The van der Waals surface area contributed by atoms with Crippen LogP contribution >= 0.6 is 11.6 Å². The molecule has 0 heterocycles. The van der Waals surface area contributed by atoms with Gasteiger partial charge in [0.25, 0.3) is 5.91 Å². The fourth-order valence-corrected chi connectivity index (χ4v) is 4.33. The van der Waals surface area contributed by atoms with E-state index in [9.17, 15) is 4.79 Å². The number of ether oxygens (including phenoxy) is 1. The van der Waals surface area contributed by atoms with Gasteiger partial charge in [-0.05, 0) is 69.1 Å². The molecule has 120 valence electrons. The van der Waals surface area contributed by atoms with Crippen LogP contribution in [0, 0.1) is 17.8 Å². The molecule has 2 saturated carbocycles. The van der Waals surface area contributed by atoms with E-state index < -0.39 is 6.10 Å². The smallest absolute Gasteiger partial charge is 0.260 e. The van der Waals surface area contributed by atoms with Crippen molar-refractivity contribution in [2.24, 2.45) is 17.8 Å². The highest BCUT2D eigenvalue weighted by Gasteiger charge is 2.42. The third-order valence-electron chi connectivity index (χ3n) is 5.28. The molecule has 0 unspecified atom stereocenters. The van der Waals surface area contributed by atoms with E-state index in [1.165, 1.54) is 25.7 Å². The van der Waals surface area contributed by atoms with Crippen molar-refractivity contribution in [2.75, 3.05) is 0 Å². The van der Waals surface area contributed by atoms with Crippen LogP contribution in [0.25, 0.3) is 0 Å². The van der Waals surface area contributed by atoms with Crippen LogP contribution in [0.2, 0.25) is 5.02 Å². The van der Waals surface area contributed by atoms with Crippen molar-refractivity contribution in [1.29, 1.82) is 0 Å². The summed E-state index contributed by atoms with van der Waals surface area (Å²) in [7, 11) is 0. The zero-order valence-electron chi connectivity index (χ0n) is 13.2. The Morgan fingerprint density at radius 3 is 2.77 bits per heavy atom. The Bertz CT molecular complexity index is 548. The predicted octanol–water partition coefficient (Wildman–Crippen LogP) is 4.05. The minimum atomic E-state index is -0.514. The molecular weight excluding hydrogens is 298 g/mol. The molecule has 2 aliphatic carbocycles. The van der Waals surface area contributed by atoms with Crippen LogP contribution in [0.3, 0.4) is 0 Å². The molecule has 1 amide bonds. The van der Waals surface area contributed by atoms with E-state index in [-0.39, 0.29) is 11.9 Å². The number of fused-ring (bicyclic) bond motifs is 2. The monoisotopic (exact) mass is 321 g/mol. The summed E-state index contributed by atoms with van der Waals surface area (Å²) in [4.78, 5) is 12.3. The lowest BCUT2D eigenvalue weighted by Crippen LogP contribution is -2.45. The molecule has 2 fully saturated rings. The Kier molecular flexibility index (Phi) is 4.62. The number of benzene rings is 1. The van der Waals surface area contributed by atoms with E-state index in [2.05, 4.69) is 12.2 Å². The number of hydrogen-bond donors (Lipinski definition) is 1. The number of carbonyl (C=O) groups is 1. The highest BCUT2D eigenvalue weighted by molar-refractivity contribution is 6.30. The summed E-state index contributed by atoms with van der Waals surface area (Å²) < 4.78 is 5.69. The third kappa shape index (κ3) is 3.40. The first-order chi connectivity index (χ1) is 10.5. The van der Waals surface area contributed by atoms with E-state index in [4.69, 9.17) is 16.3 Å². The maximum Gasteiger partial charge on any atom is 0.260 e. The van der Waals surface area contributed by atoms with Gasteiger partial charge in [0.05, 0.1) is 0 Å². The molecule has 0 spiro atoms. The van der Waals surface area contributed by atoms with Crippen LogP contribution < -0.4 is 10.1 Å². The Labute approximate surface area is 137 Å². The highest BCUT2D eigenvalue weighted by atomic mass is 35.5. The first kappa shape index (κ1) is 15.7. The zero-order chi connectivity index (χ0) is 15.7. The third-order valence-corrected chi connectivity index (χ3v) is 5.52. The topological polar surface area (TPSA) is 38.3 Å². The Balaban J connectivity index is 1.52. The first-order valence-electron chi connectivity index (χ1n) is 8.25. The molecule has 3 nitrogen and oxygen atoms in total. The predicted molar refractivity (Wildman–Crippen MR) is 88.1 cm³/mol. The summed E-state index contributed by atoms with van der Waals surface area (Å²) in [6.07, 6.45) is 4.84. The van der Waals surface area contributed by atoms with Gasteiger partial charge in [-0.25, -0.2) is 0 Å². The average molecular weight is 322 g/mol. The van der Waals surface area contributed by atoms with Crippen molar-refractivity contribution >= 4 is 17.5 Å². The second-order valence-electron chi connectivity index (χ2n) is 6.85. The SMILES string of the molecule is C[C@H](Oc1cccc(Cl)c1)C(=O)N[C@H](C)[C@@H]1C[C@H]2CC[C@H]1C2. The molecule has 0 aliphatic heterocycles. The molecule has 0 aromatic heterocycles. The highest BCUT2D eigenvalue weighted by Crippen LogP contribution is 2.49. The normalized spacial score (nSPS) is 29.1. The summed E-state index contributed by atoms with van der Waals surface area (Å²) in [6.45, 7) is 3.92. The van der Waals surface area contributed by atoms with Gasteiger partial charge in [0, 0.05) is 11.1 Å². The van der Waals surface area contributed by atoms with E-state index in [0.717, 1.165) is 11.8 Å². The van der Waals surface area contributed by atoms with E-state index in [1.54, 1.807) is 19.1 Å². The summed E-state index contributed by atoms with van der Waals surface area (Å²) >= 11 is 5.93. The summed E-state index contributed by atoms with van der Waals surface area (Å²) in [5.41, 5.74) is 0. The molecule has 22 heavy (non-hydrogen) atoms. The van der Waals surface area contributed by atoms with Crippen molar-refractivity contribution in [3.8, 4) is 5.75 Å². The van der Waals surface area contributed by atoms with Gasteiger partial charge in [0.2, 0.25) is 0 Å². The summed E-state index contributed by atoms with van der Waals surface area (Å²) in [5, 5.41) is 3.76. The van der Waals surface area contributed by atoms with Crippen LogP contribution in [0.4, 0.5) is 0 Å². The van der Waals surface area contributed by atoms with Crippen LogP contribution in [-0.2, 0) is 4.79 Å². The van der Waals surface area contributed by atoms with Crippen LogP contribution in [0.1, 0.15) is 39.5 Å². The lowest BCUT2D eigenvalue weighted by molar-refractivity contribution is -0.128. The average Bonchev–Trinajstić information content (AvgIpc) is 3.09. The lowest BCUT2D eigenvalue weighted by Gasteiger charge is -2.29. The van der Waals surface area contributed by atoms with Gasteiger partial charge in [0.1, 0.15) is 5.75 Å². The number of amides is 1. The summed E-state index contributed by atoms with van der Waals surface area (Å²) in [6, 6.07) is 7.38. The first-order valence-corrected chi connectivity index (χ1v) is 8.63. The quantitative estimate of drug-likeness (QED) is 0.888. The fourth-order valence-electron chi connectivity index (χ4n) is 4.15. The van der Waals surface area contributed by atoms with Gasteiger partial charge in [-0.2, -0.15) is 0 Å². The molecule has 2 aliphatic rings. The number of rotatable bonds is 5. The van der Waals surface area contributed by atoms with Crippen molar-refractivity contribution in [3.63, 3.8) is 0 Å². The molecule has 1 aromatic carbocycles. The van der Waals surface area contributed by atoms with E-state index >= 15 is 0 Å². The molecule has 0 saturated heterocycles. The Hall–Kier alpha value is -1.22. The maximum atomic E-state index is 12.3. The molecule has 1 aromatic rings. The van der Waals surface area contributed by atoms with Gasteiger partial charge in [-0.3, -0.25) is 4.79 Å². The summed E-state index contributed by atoms with van der Waals surface area (Å²) in [5.74, 6) is 2.93. The molecule has 0 radical (unpaired) electrons. The largest absolute Gasteiger partial charge is 0.481 e. The standard InChI is InChI=1S/C18H24ClNO2/c1-11(17-9-13-6-7-14(17)8-13)20-18(21)12(2)22-16-5-3-4-15(19)10-16/h3-5,10-14,17H,6-9H2,1-2H3,(H,20,21)/t11-,12+,13+,14+,17+/m1/s1. The number of carbonyl (C=O) groups excluding carboxylic acids is 1. The number of nitrogens with one attached hydrogen (secondary N) is 1. The van der Waals surface area contributed by atoms with Gasteiger partial charge >= 0.3 is 0 Å². The maximum absolute atomic E-state index is 12.3. The van der Waals surface area contributed by atoms with Crippen molar-refractivity contribution < 1.29 is 9.53 Å². The van der Waals surface area contributed by atoms with Gasteiger partial charge in [0.15, 0.2) is 6.10 Å². The number of hydrogen-bond acceptors (Lipinski definition) is 2. The van der Waals surface area contributed by atoms with Gasteiger partial charge < -0.3 is 10.1 Å². The Morgan fingerprint density at radius 2 is 2.14 bits per heavy atom. The zero-order valence-corrected chi connectivity index (χ0v) is 14.0. The van der Waals surface area contributed by atoms with E-state index in [0.29, 0.717) is 16.7 Å². The van der Waals surface area contributed by atoms with Crippen molar-refractivity contribution in [3.05, 3.63) is 29.3 Å². The molecule has 2 bridgehead atoms. The molecule has 5 atom stereocenters. The second kappa shape index (κ2) is 6.49. The molecule has 4 heteroatoms. The molecule has 1 N–H and O–H groups in total. The minimum absolute atomic E-state index is 0.0461. The minimum Gasteiger partial charge on any atom is -0.481 e. The second-order valence-corrected chi connectivity index (χ2v) is 7.29. The van der Waals surface area contributed by atoms with Crippen molar-refractivity contribution in [2.45, 2.75) is 51.7 Å². The van der Waals surface area contributed by atoms with Crippen LogP contribution in [-0.4, -0.2) is 18.1 Å². The molecule has 3 rings (SSSR count). The van der Waals surface area contributed by atoms with Crippen LogP contribution in [0.15, 0.2) is 24.3 Å². The Morgan fingerprint density at radius 1 is 1.32 bits per heavy atom. The fraction of sp³-hybridized carbons (Fsp3) is 0.611. The molecular formula is C18H24ClNO2. The van der Waals surface area contributed by atoms with E-state index in [1.807, 2.05) is 12.1 Å². The lowest BCUT2D eigenvalue weighted by atomic mass is 9.84. The number of halogens is 1. The van der Waals surface area contributed by atoms with Gasteiger partial charge in [-0.15, -0.1) is 0 Å². The van der Waals surface area contributed by atoms with Crippen molar-refractivity contribution in [1.82, 2.24) is 5.32 Å².